The van der Waals surface area contributed by atoms with Crippen LogP contribution in [-0.4, -0.2) is 30.1 Å². The van der Waals surface area contributed by atoms with Crippen molar-refractivity contribution < 1.29 is 9.53 Å². The van der Waals surface area contributed by atoms with Crippen molar-refractivity contribution in [1.82, 2.24) is 10.3 Å². The zero-order chi connectivity index (χ0) is 15.2. The van der Waals surface area contributed by atoms with Crippen LogP contribution in [0, 0.1) is 5.92 Å². The van der Waals surface area contributed by atoms with Gasteiger partial charge in [0.05, 0.1) is 12.3 Å². The maximum Gasteiger partial charge on any atom is 0.239 e. The topological polar surface area (TPSA) is 89.3 Å². The average Bonchev–Trinajstić information content (AvgIpc) is 3.23. The molecule has 0 radical (unpaired) electrons. The normalized spacial score (nSPS) is 14.0. The van der Waals surface area contributed by atoms with E-state index in [0.29, 0.717) is 48.9 Å². The van der Waals surface area contributed by atoms with Gasteiger partial charge in [-0.05, 0) is 30.9 Å². The van der Waals surface area contributed by atoms with Crippen LogP contribution in [-0.2, 0) is 4.79 Å². The number of amides is 1. The molecule has 0 bridgehead atoms. The molecule has 4 N–H and O–H groups in total. The van der Waals surface area contributed by atoms with E-state index >= 15 is 0 Å². The maximum absolute atomic E-state index is 11.6. The molecule has 1 heterocycles. The Labute approximate surface area is 125 Å². The summed E-state index contributed by atoms with van der Waals surface area (Å²) < 4.78 is 5.57. The maximum atomic E-state index is 11.6. The molecule has 0 atom stereocenters. The number of hydrogen-bond acceptors (Lipinski definition) is 5. The number of carbonyl (C=O) groups excluding carboxylic acids is 1. The summed E-state index contributed by atoms with van der Waals surface area (Å²) >= 11 is 0. The lowest BCUT2D eigenvalue weighted by atomic mass is 10.2. The third-order valence-corrected chi connectivity index (χ3v) is 3.04. The van der Waals surface area contributed by atoms with Gasteiger partial charge in [0.15, 0.2) is 0 Å². The molecule has 2 rings (SSSR count). The van der Waals surface area contributed by atoms with Gasteiger partial charge in [0, 0.05) is 19.0 Å². The Morgan fingerprint density at radius 1 is 1.48 bits per heavy atom. The lowest BCUT2D eigenvalue weighted by Gasteiger charge is -2.12. The van der Waals surface area contributed by atoms with E-state index in [1.165, 1.54) is 0 Å². The van der Waals surface area contributed by atoms with Gasteiger partial charge in [-0.15, -0.1) is 0 Å². The summed E-state index contributed by atoms with van der Waals surface area (Å²) in [7, 11) is 0. The van der Waals surface area contributed by atoms with E-state index in [9.17, 15) is 4.79 Å². The summed E-state index contributed by atoms with van der Waals surface area (Å²) in [4.78, 5) is 15.9. The number of ether oxygens (including phenoxy) is 1. The molecule has 21 heavy (non-hydrogen) atoms. The highest BCUT2D eigenvalue weighted by Gasteiger charge is 2.22. The first-order chi connectivity index (χ1) is 10.0. The molecule has 1 aromatic heterocycles. The van der Waals surface area contributed by atoms with E-state index in [-0.39, 0.29) is 5.91 Å². The zero-order valence-corrected chi connectivity index (χ0v) is 12.7. The van der Waals surface area contributed by atoms with E-state index in [2.05, 4.69) is 29.5 Å². The largest absolute Gasteiger partial charge is 0.476 e. The van der Waals surface area contributed by atoms with Crippen LogP contribution in [0.4, 0.5) is 11.5 Å². The first kappa shape index (κ1) is 15.4. The number of aromatic nitrogens is 1. The molecule has 116 valence electrons. The molecular weight excluding hydrogens is 268 g/mol. The van der Waals surface area contributed by atoms with Gasteiger partial charge >= 0.3 is 0 Å². The summed E-state index contributed by atoms with van der Waals surface area (Å²) in [6, 6.07) is 3.95. The highest BCUT2D eigenvalue weighted by Crippen LogP contribution is 2.21. The SMILES string of the molecule is CC(C)COc1nc(NCCC(=O)NC2CC2)ccc1N. The first-order valence-electron chi connectivity index (χ1n) is 7.47. The monoisotopic (exact) mass is 292 g/mol. The Balaban J connectivity index is 1.79. The van der Waals surface area contributed by atoms with Crippen molar-refractivity contribution in [3.05, 3.63) is 12.1 Å². The van der Waals surface area contributed by atoms with Crippen molar-refractivity contribution >= 4 is 17.4 Å². The predicted molar refractivity (Wildman–Crippen MR) is 83.3 cm³/mol. The molecule has 1 aromatic rings. The second kappa shape index (κ2) is 7.15. The number of rotatable bonds is 8. The Kier molecular flexibility index (Phi) is 5.25. The quantitative estimate of drug-likeness (QED) is 0.679. The van der Waals surface area contributed by atoms with Crippen LogP contribution < -0.4 is 21.1 Å². The van der Waals surface area contributed by atoms with Crippen LogP contribution in [0.3, 0.4) is 0 Å². The number of nitrogen functional groups attached to an aromatic ring is 1. The molecule has 0 saturated heterocycles. The molecule has 6 heteroatoms. The molecule has 0 spiro atoms. The van der Waals surface area contributed by atoms with Gasteiger partial charge < -0.3 is 21.1 Å². The number of nitrogens with one attached hydrogen (secondary N) is 2. The minimum Gasteiger partial charge on any atom is -0.476 e. The molecule has 1 saturated carbocycles. The van der Waals surface area contributed by atoms with Gasteiger partial charge in [-0.2, -0.15) is 4.98 Å². The van der Waals surface area contributed by atoms with E-state index in [0.717, 1.165) is 12.8 Å². The van der Waals surface area contributed by atoms with E-state index in [1.54, 1.807) is 12.1 Å². The fourth-order valence-corrected chi connectivity index (χ4v) is 1.74. The van der Waals surface area contributed by atoms with Crippen molar-refractivity contribution in [3.63, 3.8) is 0 Å². The molecular formula is C15H24N4O2. The average molecular weight is 292 g/mol. The number of hydrogen-bond donors (Lipinski definition) is 3. The van der Waals surface area contributed by atoms with Crippen molar-refractivity contribution in [3.8, 4) is 5.88 Å². The molecule has 1 aliphatic carbocycles. The van der Waals surface area contributed by atoms with Crippen LogP contribution in [0.5, 0.6) is 5.88 Å². The molecule has 1 amide bonds. The minimum atomic E-state index is 0.0803. The number of nitrogens with two attached hydrogens (primary N) is 1. The zero-order valence-electron chi connectivity index (χ0n) is 12.7. The lowest BCUT2D eigenvalue weighted by molar-refractivity contribution is -0.120. The summed E-state index contributed by atoms with van der Waals surface area (Å²) in [5.74, 6) is 1.60. The van der Waals surface area contributed by atoms with Gasteiger partial charge in [0.1, 0.15) is 5.82 Å². The Morgan fingerprint density at radius 3 is 2.90 bits per heavy atom. The minimum absolute atomic E-state index is 0.0803. The molecule has 0 unspecified atom stereocenters. The lowest BCUT2D eigenvalue weighted by Crippen LogP contribution is -2.27. The van der Waals surface area contributed by atoms with Crippen molar-refractivity contribution in [2.24, 2.45) is 5.92 Å². The standard InChI is InChI=1S/C15H24N4O2/c1-10(2)9-21-15-12(16)5-6-13(19-15)17-8-7-14(20)18-11-3-4-11/h5-6,10-11H,3-4,7-9,16H2,1-2H3,(H,17,19)(H,18,20). The Bertz CT molecular complexity index is 487. The molecule has 1 aliphatic rings. The summed E-state index contributed by atoms with van der Waals surface area (Å²) in [6.07, 6.45) is 2.65. The van der Waals surface area contributed by atoms with E-state index < -0.39 is 0 Å². The molecule has 1 fully saturated rings. The predicted octanol–water partition coefficient (Wildman–Crippen LogP) is 1.78. The van der Waals surface area contributed by atoms with Gasteiger partial charge in [0.2, 0.25) is 11.8 Å². The van der Waals surface area contributed by atoms with Crippen molar-refractivity contribution in [2.75, 3.05) is 24.2 Å². The summed E-state index contributed by atoms with van der Waals surface area (Å²) in [6.45, 7) is 5.25. The summed E-state index contributed by atoms with van der Waals surface area (Å²) in [5, 5.41) is 6.07. The number of nitrogens with zero attached hydrogens (tertiary/aromatic N) is 1. The van der Waals surface area contributed by atoms with Crippen LogP contribution in [0.2, 0.25) is 0 Å². The number of anilines is 2. The third kappa shape index (κ3) is 5.49. The van der Waals surface area contributed by atoms with E-state index in [1.807, 2.05) is 0 Å². The number of pyridine rings is 1. The third-order valence-electron chi connectivity index (χ3n) is 3.04. The molecule has 0 aromatic carbocycles. The Morgan fingerprint density at radius 2 is 2.24 bits per heavy atom. The number of carbonyl (C=O) groups is 1. The Hall–Kier alpha value is -1.98. The van der Waals surface area contributed by atoms with Crippen LogP contribution >= 0.6 is 0 Å². The van der Waals surface area contributed by atoms with E-state index in [4.69, 9.17) is 10.5 Å². The summed E-state index contributed by atoms with van der Waals surface area (Å²) in [5.41, 5.74) is 6.36. The fraction of sp³-hybridized carbons (Fsp3) is 0.600. The van der Waals surface area contributed by atoms with Crippen LogP contribution in [0.25, 0.3) is 0 Å². The fourth-order valence-electron chi connectivity index (χ4n) is 1.74. The molecule has 0 aliphatic heterocycles. The first-order valence-corrected chi connectivity index (χ1v) is 7.47. The van der Waals surface area contributed by atoms with Gasteiger partial charge in [-0.3, -0.25) is 4.79 Å². The van der Waals surface area contributed by atoms with Gasteiger partial charge in [-0.1, -0.05) is 13.8 Å². The second-order valence-electron chi connectivity index (χ2n) is 5.81. The van der Waals surface area contributed by atoms with Crippen LogP contribution in [0.15, 0.2) is 12.1 Å². The molecule has 6 nitrogen and oxygen atoms in total. The second-order valence-corrected chi connectivity index (χ2v) is 5.81. The highest BCUT2D eigenvalue weighted by molar-refractivity contribution is 5.77. The van der Waals surface area contributed by atoms with Crippen molar-refractivity contribution in [2.45, 2.75) is 39.2 Å². The van der Waals surface area contributed by atoms with Crippen molar-refractivity contribution in [1.29, 1.82) is 0 Å². The van der Waals surface area contributed by atoms with Gasteiger partial charge in [-0.25, -0.2) is 0 Å². The van der Waals surface area contributed by atoms with Gasteiger partial charge in [0.25, 0.3) is 0 Å². The smallest absolute Gasteiger partial charge is 0.239 e. The van der Waals surface area contributed by atoms with Crippen LogP contribution in [0.1, 0.15) is 33.1 Å². The highest BCUT2D eigenvalue weighted by atomic mass is 16.5.